The van der Waals surface area contributed by atoms with Gasteiger partial charge in [0, 0.05) is 18.9 Å². The molecule has 0 saturated carbocycles. The predicted octanol–water partition coefficient (Wildman–Crippen LogP) is 6.65. The summed E-state index contributed by atoms with van der Waals surface area (Å²) in [5, 5.41) is 6.29. The molecular formula is C39H49N3O4. The SMILES string of the molecule is CC[C@@H](C)C(=O)N[C@@H](Cc1ccc(OCc2ccc(C(C)C)cc2)cc1)C(=O)N1CCCC1C(=O)N[C@@H]1CCCc2ccccc21. The summed E-state index contributed by atoms with van der Waals surface area (Å²) < 4.78 is 6.03. The molecule has 1 aliphatic carbocycles. The highest BCUT2D eigenvalue weighted by Crippen LogP contribution is 2.30. The average Bonchev–Trinajstić information content (AvgIpc) is 3.57. The molecule has 0 radical (unpaired) electrons. The van der Waals surface area contributed by atoms with E-state index in [0.29, 0.717) is 38.3 Å². The van der Waals surface area contributed by atoms with E-state index < -0.39 is 12.1 Å². The van der Waals surface area contributed by atoms with E-state index in [4.69, 9.17) is 4.74 Å². The lowest BCUT2D eigenvalue weighted by Gasteiger charge is -2.32. The second-order valence-corrected chi connectivity index (χ2v) is 13.2. The number of amides is 3. The van der Waals surface area contributed by atoms with Crippen LogP contribution in [0.2, 0.25) is 0 Å². The van der Waals surface area contributed by atoms with Crippen molar-refractivity contribution in [3.63, 3.8) is 0 Å². The van der Waals surface area contributed by atoms with E-state index in [1.54, 1.807) is 4.90 Å². The molecule has 5 rings (SSSR count). The van der Waals surface area contributed by atoms with Crippen molar-refractivity contribution in [1.82, 2.24) is 15.5 Å². The van der Waals surface area contributed by atoms with E-state index in [0.717, 1.165) is 42.6 Å². The van der Waals surface area contributed by atoms with Crippen molar-refractivity contribution in [2.45, 2.75) is 103 Å². The van der Waals surface area contributed by atoms with Crippen molar-refractivity contribution < 1.29 is 19.1 Å². The van der Waals surface area contributed by atoms with Crippen LogP contribution in [-0.4, -0.2) is 41.2 Å². The van der Waals surface area contributed by atoms with Gasteiger partial charge in [-0.1, -0.05) is 88.4 Å². The maximum absolute atomic E-state index is 14.1. The number of rotatable bonds is 12. The van der Waals surface area contributed by atoms with Crippen LogP contribution in [0.1, 0.15) is 99.6 Å². The Kier molecular flexibility index (Phi) is 11.2. The van der Waals surface area contributed by atoms with E-state index in [1.165, 1.54) is 16.7 Å². The fourth-order valence-electron chi connectivity index (χ4n) is 6.50. The van der Waals surface area contributed by atoms with Gasteiger partial charge in [-0.05, 0) is 84.4 Å². The van der Waals surface area contributed by atoms with Crippen LogP contribution < -0.4 is 15.4 Å². The summed E-state index contributed by atoms with van der Waals surface area (Å²) in [6.07, 6.45) is 5.31. The number of nitrogens with zero attached hydrogens (tertiary/aromatic N) is 1. The summed E-state index contributed by atoms with van der Waals surface area (Å²) in [7, 11) is 0. The highest BCUT2D eigenvalue weighted by Gasteiger charge is 2.39. The summed E-state index contributed by atoms with van der Waals surface area (Å²) in [5.41, 5.74) is 5.77. The monoisotopic (exact) mass is 623 g/mol. The Morgan fingerprint density at radius 2 is 1.61 bits per heavy atom. The van der Waals surface area contributed by atoms with Gasteiger partial charge in [0.1, 0.15) is 24.4 Å². The number of ether oxygens (including phenoxy) is 1. The van der Waals surface area contributed by atoms with Crippen molar-refractivity contribution in [3.8, 4) is 5.75 Å². The largest absolute Gasteiger partial charge is 0.489 e. The number of carbonyl (C=O) groups is 3. The minimum atomic E-state index is -0.767. The molecule has 2 N–H and O–H groups in total. The van der Waals surface area contributed by atoms with Gasteiger partial charge in [-0.25, -0.2) is 0 Å². The van der Waals surface area contributed by atoms with Crippen LogP contribution in [-0.2, 0) is 33.8 Å². The van der Waals surface area contributed by atoms with Crippen molar-refractivity contribution in [1.29, 1.82) is 0 Å². The molecule has 0 bridgehead atoms. The van der Waals surface area contributed by atoms with Crippen molar-refractivity contribution in [2.24, 2.45) is 5.92 Å². The van der Waals surface area contributed by atoms with Gasteiger partial charge in [0.2, 0.25) is 17.7 Å². The Morgan fingerprint density at radius 3 is 2.33 bits per heavy atom. The molecular weight excluding hydrogens is 574 g/mol. The molecule has 0 aromatic heterocycles. The zero-order valence-electron chi connectivity index (χ0n) is 27.8. The van der Waals surface area contributed by atoms with Gasteiger partial charge in [0.25, 0.3) is 0 Å². The Morgan fingerprint density at radius 1 is 0.891 bits per heavy atom. The van der Waals surface area contributed by atoms with E-state index in [-0.39, 0.29) is 29.7 Å². The topological polar surface area (TPSA) is 87.7 Å². The van der Waals surface area contributed by atoms with Gasteiger partial charge in [0.15, 0.2) is 0 Å². The van der Waals surface area contributed by atoms with Gasteiger partial charge in [-0.3, -0.25) is 14.4 Å². The molecule has 1 unspecified atom stereocenters. The van der Waals surface area contributed by atoms with Crippen LogP contribution in [0.5, 0.6) is 5.75 Å². The Bertz CT molecular complexity index is 1480. The van der Waals surface area contributed by atoms with Gasteiger partial charge in [-0.15, -0.1) is 0 Å². The minimum Gasteiger partial charge on any atom is -0.489 e. The van der Waals surface area contributed by atoms with Crippen LogP contribution in [0.25, 0.3) is 0 Å². The van der Waals surface area contributed by atoms with Gasteiger partial charge in [-0.2, -0.15) is 0 Å². The van der Waals surface area contributed by atoms with Crippen molar-refractivity contribution in [2.75, 3.05) is 6.54 Å². The fraction of sp³-hybridized carbons (Fsp3) is 0.462. The number of hydrogen-bond donors (Lipinski definition) is 2. The molecule has 2 aliphatic rings. The van der Waals surface area contributed by atoms with Crippen molar-refractivity contribution in [3.05, 3.63) is 101 Å². The molecule has 7 heteroatoms. The van der Waals surface area contributed by atoms with Crippen LogP contribution in [0.4, 0.5) is 0 Å². The molecule has 1 aliphatic heterocycles. The van der Waals surface area contributed by atoms with Gasteiger partial charge in [0.05, 0.1) is 6.04 Å². The molecule has 3 amide bonds. The van der Waals surface area contributed by atoms with Crippen LogP contribution >= 0.6 is 0 Å². The highest BCUT2D eigenvalue weighted by atomic mass is 16.5. The summed E-state index contributed by atoms with van der Waals surface area (Å²) in [6.45, 7) is 9.15. The second kappa shape index (κ2) is 15.4. The first-order chi connectivity index (χ1) is 22.2. The third kappa shape index (κ3) is 8.17. The second-order valence-electron chi connectivity index (χ2n) is 13.2. The Hall–Kier alpha value is -4.13. The molecule has 3 aromatic carbocycles. The number of likely N-dealkylation sites (tertiary alicyclic amines) is 1. The molecule has 1 fully saturated rings. The number of fused-ring (bicyclic) bond motifs is 1. The van der Waals surface area contributed by atoms with Crippen LogP contribution in [0.3, 0.4) is 0 Å². The standard InChI is InChI=1S/C39H49N3O4/c1-5-27(4)37(43)41-35(24-28-17-21-32(22-18-28)46-25-29-15-19-30(20-16-29)26(2)3)39(45)42-23-9-14-36(42)38(44)40-34-13-8-11-31-10-6-7-12-33(31)34/h6-7,10,12,15-22,26-27,34-36H,5,8-9,11,13-14,23-25H2,1-4H3,(H,40,44)(H,41,43)/t27-,34-,35+,36?/m1/s1. The third-order valence-electron chi connectivity index (χ3n) is 9.61. The average molecular weight is 624 g/mol. The first-order valence-corrected chi connectivity index (χ1v) is 17.0. The number of hydrogen-bond acceptors (Lipinski definition) is 4. The Balaban J connectivity index is 1.25. The lowest BCUT2D eigenvalue weighted by molar-refractivity contribution is -0.142. The van der Waals surface area contributed by atoms with E-state index in [1.807, 2.05) is 50.2 Å². The fourth-order valence-corrected chi connectivity index (χ4v) is 6.50. The molecule has 1 heterocycles. The summed E-state index contributed by atoms with van der Waals surface area (Å²) in [5.74, 6) is 0.543. The van der Waals surface area contributed by atoms with Gasteiger partial charge < -0.3 is 20.3 Å². The maximum Gasteiger partial charge on any atom is 0.246 e. The lowest BCUT2D eigenvalue weighted by atomic mass is 9.87. The van der Waals surface area contributed by atoms with E-state index in [9.17, 15) is 14.4 Å². The number of benzene rings is 3. The molecule has 1 saturated heterocycles. The molecule has 4 atom stereocenters. The first kappa shape index (κ1) is 33.2. The van der Waals surface area contributed by atoms with Gasteiger partial charge >= 0.3 is 0 Å². The van der Waals surface area contributed by atoms with E-state index >= 15 is 0 Å². The number of nitrogens with one attached hydrogen (secondary N) is 2. The molecule has 3 aromatic rings. The summed E-state index contributed by atoms with van der Waals surface area (Å²) in [6, 6.07) is 23.1. The predicted molar refractivity (Wildman–Crippen MR) is 181 cm³/mol. The molecule has 46 heavy (non-hydrogen) atoms. The zero-order chi connectivity index (χ0) is 32.6. The zero-order valence-corrected chi connectivity index (χ0v) is 27.8. The number of carbonyl (C=O) groups excluding carboxylic acids is 3. The minimum absolute atomic E-state index is 0.0453. The smallest absolute Gasteiger partial charge is 0.246 e. The first-order valence-electron chi connectivity index (χ1n) is 17.0. The Labute approximate surface area is 274 Å². The molecule has 244 valence electrons. The molecule has 0 spiro atoms. The quantitative estimate of drug-likeness (QED) is 0.237. The maximum atomic E-state index is 14.1. The van der Waals surface area contributed by atoms with Crippen LogP contribution in [0, 0.1) is 5.92 Å². The highest BCUT2D eigenvalue weighted by molar-refractivity contribution is 5.93. The lowest BCUT2D eigenvalue weighted by Crippen LogP contribution is -2.55. The van der Waals surface area contributed by atoms with Crippen molar-refractivity contribution >= 4 is 17.7 Å². The summed E-state index contributed by atoms with van der Waals surface area (Å²) in [4.78, 5) is 42.5. The number of aryl methyl sites for hydroxylation is 1. The normalized spacial score (nSPS) is 18.8. The summed E-state index contributed by atoms with van der Waals surface area (Å²) >= 11 is 0. The van der Waals surface area contributed by atoms with Crippen LogP contribution in [0.15, 0.2) is 72.8 Å². The van der Waals surface area contributed by atoms with E-state index in [2.05, 4.69) is 60.9 Å². The third-order valence-corrected chi connectivity index (χ3v) is 9.61. The molecule has 7 nitrogen and oxygen atoms in total.